The summed E-state index contributed by atoms with van der Waals surface area (Å²) >= 11 is 0. The minimum atomic E-state index is -0.228. The van der Waals surface area contributed by atoms with Crippen molar-refractivity contribution in [2.45, 2.75) is 33.7 Å². The maximum Gasteiger partial charge on any atom is 0.231 e. The largest absolute Gasteiger partial charge is 0.496 e. The molecule has 0 radical (unpaired) electrons. The molecule has 31 heavy (non-hydrogen) atoms. The fourth-order valence-corrected chi connectivity index (χ4v) is 3.54. The smallest absolute Gasteiger partial charge is 0.231 e. The molecule has 2 aromatic rings. The van der Waals surface area contributed by atoms with Crippen molar-refractivity contribution in [1.29, 1.82) is 0 Å². The lowest BCUT2D eigenvalue weighted by Gasteiger charge is -2.15. The number of fused-ring (bicyclic) bond motifs is 1. The third-order valence-corrected chi connectivity index (χ3v) is 5.03. The van der Waals surface area contributed by atoms with Gasteiger partial charge in [-0.1, -0.05) is 24.6 Å². The Labute approximate surface area is 180 Å². The Morgan fingerprint density at radius 1 is 1.29 bits per heavy atom. The highest BCUT2D eigenvalue weighted by Crippen LogP contribution is 2.34. The molecular weight excluding hydrogens is 394 g/mol. The van der Waals surface area contributed by atoms with Crippen LogP contribution in [0.15, 0.2) is 75.1 Å². The van der Waals surface area contributed by atoms with Crippen LogP contribution in [0.4, 0.5) is 0 Å². The van der Waals surface area contributed by atoms with E-state index < -0.39 is 0 Å². The number of nitrogens with two attached hydrogens (primary N) is 1. The number of ketones is 1. The number of aromatic nitrogens is 1. The number of methoxy groups -OCH3 is 1. The first-order chi connectivity index (χ1) is 14.9. The number of ether oxygens (including phenoxy) is 2. The maximum absolute atomic E-state index is 13.0. The van der Waals surface area contributed by atoms with Gasteiger partial charge in [-0.3, -0.25) is 4.79 Å². The summed E-state index contributed by atoms with van der Waals surface area (Å²) in [6.07, 6.45) is 5.81. The molecule has 1 aliphatic carbocycles. The molecule has 0 unspecified atom stereocenters. The van der Waals surface area contributed by atoms with E-state index in [2.05, 4.69) is 10.3 Å². The van der Waals surface area contributed by atoms with Gasteiger partial charge in [-0.05, 0) is 37.6 Å². The predicted octanol–water partition coefficient (Wildman–Crippen LogP) is 4.20. The number of nitrogens with zero attached hydrogens (tertiary/aromatic N) is 1. The highest BCUT2D eigenvalue weighted by molar-refractivity contribution is 6.14. The van der Waals surface area contributed by atoms with Crippen molar-refractivity contribution in [2.24, 2.45) is 5.73 Å². The summed E-state index contributed by atoms with van der Waals surface area (Å²) in [4.78, 5) is 17.6. The molecule has 7 nitrogen and oxygen atoms in total. The van der Waals surface area contributed by atoms with Crippen molar-refractivity contribution < 1.29 is 18.7 Å². The van der Waals surface area contributed by atoms with Gasteiger partial charge >= 0.3 is 0 Å². The van der Waals surface area contributed by atoms with E-state index in [0.717, 1.165) is 22.6 Å². The van der Waals surface area contributed by atoms with Crippen molar-refractivity contribution in [1.82, 2.24) is 10.3 Å². The van der Waals surface area contributed by atoms with Gasteiger partial charge in [-0.25, -0.2) is 4.98 Å². The summed E-state index contributed by atoms with van der Waals surface area (Å²) in [7, 11) is 1.54. The molecule has 2 aliphatic rings. The number of carbonyl (C=O) groups excluding carboxylic acids is 1. The zero-order valence-electron chi connectivity index (χ0n) is 18.0. The lowest BCUT2D eigenvalue weighted by molar-refractivity contribution is -0.111. The molecule has 0 saturated heterocycles. The van der Waals surface area contributed by atoms with Gasteiger partial charge < -0.3 is 24.9 Å². The molecule has 160 valence electrons. The molecule has 0 amide bonds. The second-order valence-electron chi connectivity index (χ2n) is 7.50. The third-order valence-electron chi connectivity index (χ3n) is 5.03. The second kappa shape index (κ2) is 8.28. The van der Waals surface area contributed by atoms with Crippen LogP contribution < -0.4 is 11.1 Å². The highest BCUT2D eigenvalue weighted by Gasteiger charge is 2.29. The number of para-hydroxylation sites is 1. The van der Waals surface area contributed by atoms with Crippen molar-refractivity contribution in [3.05, 3.63) is 82.1 Å². The minimum Gasteiger partial charge on any atom is -0.496 e. The van der Waals surface area contributed by atoms with Crippen LogP contribution in [0.2, 0.25) is 0 Å². The highest BCUT2D eigenvalue weighted by atomic mass is 16.5. The van der Waals surface area contributed by atoms with Gasteiger partial charge in [-0.15, -0.1) is 0 Å². The molecular formula is C24H25N3O4. The summed E-state index contributed by atoms with van der Waals surface area (Å²) < 4.78 is 17.4. The van der Waals surface area contributed by atoms with Crippen molar-refractivity contribution in [2.75, 3.05) is 7.11 Å². The molecule has 2 heterocycles. The zero-order chi connectivity index (χ0) is 22.1. The fraction of sp³-hybridized carbons (Fsp3) is 0.250. The molecule has 1 aliphatic heterocycles. The Balaban J connectivity index is 1.73. The Morgan fingerprint density at radius 2 is 2.10 bits per heavy atom. The van der Waals surface area contributed by atoms with Gasteiger partial charge in [0.25, 0.3) is 0 Å². The molecule has 4 rings (SSSR count). The van der Waals surface area contributed by atoms with Gasteiger partial charge in [-0.2, -0.15) is 0 Å². The minimum absolute atomic E-state index is 0.228. The molecule has 0 bridgehead atoms. The Morgan fingerprint density at radius 3 is 2.77 bits per heavy atom. The van der Waals surface area contributed by atoms with Crippen LogP contribution in [0.3, 0.4) is 0 Å². The molecule has 7 heteroatoms. The first kappa shape index (κ1) is 20.7. The van der Waals surface area contributed by atoms with Crippen LogP contribution in [-0.4, -0.2) is 17.9 Å². The summed E-state index contributed by atoms with van der Waals surface area (Å²) in [5, 5.41) is 3.22. The fourth-order valence-electron chi connectivity index (χ4n) is 3.54. The number of allylic oxidation sites excluding steroid dienone is 7. The monoisotopic (exact) mass is 419 g/mol. The molecule has 3 N–H and O–H groups in total. The third kappa shape index (κ3) is 3.80. The van der Waals surface area contributed by atoms with E-state index >= 15 is 0 Å². The van der Waals surface area contributed by atoms with Crippen molar-refractivity contribution >= 4 is 22.5 Å². The second-order valence-corrected chi connectivity index (χ2v) is 7.50. The van der Waals surface area contributed by atoms with E-state index in [4.69, 9.17) is 19.6 Å². The van der Waals surface area contributed by atoms with E-state index in [1.54, 1.807) is 13.2 Å². The Hall–Kier alpha value is -3.58. The van der Waals surface area contributed by atoms with E-state index in [0.29, 0.717) is 52.7 Å². The summed E-state index contributed by atoms with van der Waals surface area (Å²) in [5.74, 6) is 1.71. The first-order valence-electron chi connectivity index (χ1n) is 10.1. The number of carbonyl (C=O) groups is 1. The first-order valence-corrected chi connectivity index (χ1v) is 10.1. The quantitative estimate of drug-likeness (QED) is 0.701. The van der Waals surface area contributed by atoms with E-state index in [1.807, 2.05) is 45.0 Å². The standard InChI is InChI=1S/C24H25N3O4/c1-5-19-17(9-13(2)3)26-23(30-19)15-11-21(29-4)16(10-18(15)28)24-27-22-14(12-25)7-6-8-20(22)31-24/h6-11,26H,5,12,25H2,1-4H3/b23-15+. The molecule has 0 spiro atoms. The van der Waals surface area contributed by atoms with Gasteiger partial charge in [0.15, 0.2) is 11.4 Å². The Bertz CT molecular complexity index is 1220. The van der Waals surface area contributed by atoms with Gasteiger partial charge in [0.1, 0.15) is 17.0 Å². The number of nitrogens with one attached hydrogen (secondary N) is 1. The van der Waals surface area contributed by atoms with Crippen LogP contribution in [0.25, 0.3) is 16.7 Å². The van der Waals surface area contributed by atoms with E-state index in [9.17, 15) is 4.79 Å². The number of oxazole rings is 1. The van der Waals surface area contributed by atoms with Gasteiger partial charge in [0.05, 0.1) is 24.0 Å². The number of hydrogen-bond donors (Lipinski definition) is 2. The molecule has 0 saturated carbocycles. The van der Waals surface area contributed by atoms with Crippen LogP contribution >= 0.6 is 0 Å². The maximum atomic E-state index is 13.0. The Kier molecular flexibility index (Phi) is 5.52. The zero-order valence-corrected chi connectivity index (χ0v) is 18.0. The van der Waals surface area contributed by atoms with E-state index in [1.165, 1.54) is 6.08 Å². The van der Waals surface area contributed by atoms with Crippen molar-refractivity contribution in [3.8, 4) is 0 Å². The van der Waals surface area contributed by atoms with Crippen molar-refractivity contribution in [3.63, 3.8) is 0 Å². The van der Waals surface area contributed by atoms with Crippen LogP contribution in [0.1, 0.15) is 38.6 Å². The molecule has 1 aromatic heterocycles. The van der Waals surface area contributed by atoms with Crippen LogP contribution in [0.5, 0.6) is 0 Å². The lowest BCUT2D eigenvalue weighted by atomic mass is 9.99. The normalized spacial score (nSPS) is 18.5. The summed E-state index contributed by atoms with van der Waals surface area (Å²) in [5.41, 5.74) is 10.8. The summed E-state index contributed by atoms with van der Waals surface area (Å²) in [6.45, 7) is 6.36. The lowest BCUT2D eigenvalue weighted by Crippen LogP contribution is -2.15. The topological polar surface area (TPSA) is 99.6 Å². The number of hydrogen-bond acceptors (Lipinski definition) is 7. The predicted molar refractivity (Wildman–Crippen MR) is 118 cm³/mol. The van der Waals surface area contributed by atoms with Gasteiger partial charge in [0.2, 0.25) is 11.8 Å². The molecule has 0 fully saturated rings. The molecule has 1 aromatic carbocycles. The van der Waals surface area contributed by atoms with Crippen LogP contribution in [0, 0.1) is 0 Å². The molecule has 0 atom stereocenters. The number of rotatable bonds is 5. The van der Waals surface area contributed by atoms with E-state index in [-0.39, 0.29) is 5.78 Å². The SMILES string of the molecule is CCC1=C(C=C(C)C)N/C(=C2/C=C(OC)C(c3nc4c(CN)cccc4o3)=CC2=O)O1. The number of benzene rings is 1. The van der Waals surface area contributed by atoms with Gasteiger partial charge in [0, 0.05) is 19.0 Å². The summed E-state index contributed by atoms with van der Waals surface area (Å²) in [6, 6.07) is 5.58. The van der Waals surface area contributed by atoms with Crippen LogP contribution in [-0.2, 0) is 20.8 Å². The average molecular weight is 419 g/mol. The average Bonchev–Trinajstić information content (AvgIpc) is 3.36.